The zero-order valence-corrected chi connectivity index (χ0v) is 33.6. The Bertz CT molecular complexity index is 2560. The van der Waals surface area contributed by atoms with Gasteiger partial charge < -0.3 is 9.84 Å². The molecule has 2 saturated heterocycles. The lowest BCUT2D eigenvalue weighted by molar-refractivity contribution is -0.142. The van der Waals surface area contributed by atoms with Gasteiger partial charge in [-0.3, -0.25) is 29.6 Å². The Balaban J connectivity index is 1.29. The lowest BCUT2D eigenvalue weighted by Crippen LogP contribution is -2.53. The largest absolute Gasteiger partial charge is 0.508 e. The molecule has 4 heterocycles. The van der Waals surface area contributed by atoms with Crippen LogP contribution >= 0.6 is 34.8 Å². The van der Waals surface area contributed by atoms with E-state index >= 15 is 4.79 Å². The Morgan fingerprint density at radius 1 is 0.885 bits per heavy atom. The normalized spacial score (nSPS) is 25.0. The fourth-order valence-corrected chi connectivity index (χ4v) is 9.82. The molecule has 2 aliphatic heterocycles. The molecule has 4 aliphatic rings. The van der Waals surface area contributed by atoms with Crippen molar-refractivity contribution in [3.8, 4) is 11.5 Å². The first-order valence-corrected chi connectivity index (χ1v) is 19.4. The summed E-state index contributed by atoms with van der Waals surface area (Å²) in [5.41, 5.74) is -0.957. The van der Waals surface area contributed by atoms with Crippen LogP contribution in [0.2, 0.25) is 15.1 Å². The Morgan fingerprint density at radius 2 is 1.59 bits per heavy atom. The van der Waals surface area contributed by atoms with Crippen molar-refractivity contribution in [2.24, 2.45) is 23.7 Å². The summed E-state index contributed by atoms with van der Waals surface area (Å²) < 4.78 is 87.5. The predicted molar refractivity (Wildman–Crippen MR) is 206 cm³/mol. The third-order valence-electron chi connectivity index (χ3n) is 11.8. The van der Waals surface area contributed by atoms with E-state index in [0.717, 1.165) is 18.1 Å². The number of benzene rings is 2. The maximum Gasteiger partial charge on any atom is 0.433 e. The van der Waals surface area contributed by atoms with Crippen LogP contribution in [0.5, 0.6) is 11.5 Å². The van der Waals surface area contributed by atoms with Gasteiger partial charge in [-0.15, -0.1) is 0 Å². The fourth-order valence-electron chi connectivity index (χ4n) is 9.26. The summed E-state index contributed by atoms with van der Waals surface area (Å²) in [6.07, 6.45) is -7.91. The number of aromatic hydroxyl groups is 1. The van der Waals surface area contributed by atoms with Gasteiger partial charge >= 0.3 is 12.4 Å². The second-order valence-corrected chi connectivity index (χ2v) is 16.1. The van der Waals surface area contributed by atoms with Crippen LogP contribution in [-0.2, 0) is 36.9 Å². The van der Waals surface area contributed by atoms with Gasteiger partial charge in [-0.1, -0.05) is 64.7 Å². The molecule has 1 saturated carbocycles. The average molecular weight is 910 g/mol. The number of halogens is 9. The summed E-state index contributed by atoms with van der Waals surface area (Å²) in [6.45, 7) is 0. The molecule has 2 aliphatic carbocycles. The highest BCUT2D eigenvalue weighted by Crippen LogP contribution is 2.65. The fraction of sp³-hybridized carbons (Fsp3) is 0.300. The van der Waals surface area contributed by atoms with Crippen molar-refractivity contribution in [3.63, 3.8) is 0 Å². The van der Waals surface area contributed by atoms with Gasteiger partial charge in [0, 0.05) is 35.8 Å². The van der Waals surface area contributed by atoms with Crippen molar-refractivity contribution < 1.29 is 55.4 Å². The van der Waals surface area contributed by atoms with Crippen molar-refractivity contribution in [3.05, 3.63) is 116 Å². The number of fused-ring (bicyclic) bond motifs is 4. The molecule has 4 aromatic rings. The molecule has 2 N–H and O–H groups in total. The molecule has 0 spiro atoms. The molecule has 12 nitrogen and oxygen atoms in total. The molecule has 2 aromatic carbocycles. The number of nitrogens with one attached hydrogen (secondary N) is 1. The number of amides is 4. The van der Waals surface area contributed by atoms with Gasteiger partial charge in [-0.2, -0.15) is 36.4 Å². The molecule has 318 valence electrons. The van der Waals surface area contributed by atoms with Crippen molar-refractivity contribution in [1.82, 2.24) is 20.0 Å². The maximum absolute atomic E-state index is 15.4. The van der Waals surface area contributed by atoms with Crippen LogP contribution in [0.1, 0.15) is 41.1 Å². The third-order valence-corrected chi connectivity index (χ3v) is 12.6. The number of anilines is 2. The van der Waals surface area contributed by atoms with E-state index in [0.29, 0.717) is 33.9 Å². The number of phenols is 1. The quantitative estimate of drug-likeness (QED) is 0.106. The van der Waals surface area contributed by atoms with E-state index in [2.05, 4.69) is 15.4 Å². The standard InChI is InChI=1S/C40H29Cl3F6N6O6/c1-53(33-26(42)11-12-29(51-33)40(47,48)49)55-34(57)23-10-9-21-24(30(23)36(55)59)15-25-35(58)54(52-32-27(43)13-18(16-50-32)39(44,45)46)37(60)38(25,17-3-5-19(41)6-4-17)31(21)22-8-7-20(56)14-28(22)61-2/h3-9,11-14,16,23-25,30-31,56H,10,15H2,1-2H3,(H,50,52)/t23-,24+,25-,30-,31+,38+/m0/s1. The van der Waals surface area contributed by atoms with E-state index < -0.39 is 98.9 Å². The van der Waals surface area contributed by atoms with Crippen LogP contribution in [0.25, 0.3) is 0 Å². The van der Waals surface area contributed by atoms with Gasteiger partial charge in [0.1, 0.15) is 17.2 Å². The number of pyridine rings is 2. The Morgan fingerprint density at radius 3 is 2.23 bits per heavy atom. The highest BCUT2D eigenvalue weighted by atomic mass is 35.5. The topological polar surface area (TPSA) is 145 Å². The first-order chi connectivity index (χ1) is 28.7. The molecule has 3 fully saturated rings. The molecule has 0 bridgehead atoms. The average Bonchev–Trinajstić information content (AvgIpc) is 3.58. The molecule has 2 aromatic heterocycles. The van der Waals surface area contributed by atoms with E-state index in [-0.39, 0.29) is 45.5 Å². The van der Waals surface area contributed by atoms with Crippen molar-refractivity contribution in [1.29, 1.82) is 0 Å². The second kappa shape index (κ2) is 14.8. The first-order valence-electron chi connectivity index (χ1n) is 18.3. The zero-order chi connectivity index (χ0) is 44.1. The van der Waals surface area contributed by atoms with Crippen LogP contribution < -0.4 is 15.2 Å². The number of imide groups is 2. The monoisotopic (exact) mass is 908 g/mol. The zero-order valence-electron chi connectivity index (χ0n) is 31.4. The molecule has 61 heavy (non-hydrogen) atoms. The summed E-state index contributed by atoms with van der Waals surface area (Å²) in [4.78, 5) is 66.6. The molecule has 4 amide bonds. The lowest BCUT2D eigenvalue weighted by Gasteiger charge is -2.50. The molecule has 0 radical (unpaired) electrons. The van der Waals surface area contributed by atoms with Gasteiger partial charge in [-0.25, -0.2) is 9.97 Å². The number of methoxy groups -OCH3 is 1. The van der Waals surface area contributed by atoms with Crippen LogP contribution in [0.15, 0.2) is 78.5 Å². The van der Waals surface area contributed by atoms with Crippen molar-refractivity contribution >= 4 is 70.1 Å². The number of nitrogens with zero attached hydrogens (tertiary/aromatic N) is 5. The van der Waals surface area contributed by atoms with Gasteiger partial charge in [-0.05, 0) is 60.7 Å². The highest BCUT2D eigenvalue weighted by Gasteiger charge is 2.71. The number of hydrogen-bond donors (Lipinski definition) is 2. The smallest absolute Gasteiger partial charge is 0.433 e. The third kappa shape index (κ3) is 6.61. The summed E-state index contributed by atoms with van der Waals surface area (Å²) in [5.74, 6) is -10.5. The van der Waals surface area contributed by atoms with E-state index in [1.54, 1.807) is 6.08 Å². The number of phenolic OH excluding ortho intramolecular Hbond substituents is 1. The summed E-state index contributed by atoms with van der Waals surface area (Å²) >= 11 is 18.8. The van der Waals surface area contributed by atoms with Gasteiger partial charge in [0.2, 0.25) is 0 Å². The van der Waals surface area contributed by atoms with Crippen LogP contribution in [0, 0.1) is 23.7 Å². The number of carbonyl (C=O) groups is 4. The Kier molecular flexibility index (Phi) is 10.2. The number of alkyl halides is 6. The number of rotatable bonds is 7. The van der Waals surface area contributed by atoms with Gasteiger partial charge in [0.25, 0.3) is 23.6 Å². The van der Waals surface area contributed by atoms with Crippen LogP contribution in [0.4, 0.5) is 38.0 Å². The lowest BCUT2D eigenvalue weighted by atomic mass is 9.49. The number of carbonyl (C=O) groups excluding carboxylic acids is 4. The van der Waals surface area contributed by atoms with E-state index in [1.807, 2.05) is 0 Å². The SMILES string of the molecule is COc1cc(O)ccc1[C@H]1C2=CC[C@@H]3C(=O)N(N(C)c4nc(C(F)(F)F)ccc4Cl)C(=O)[C@@H]3[C@@H]2C[C@H]2C(=O)N(Nc3ncc(C(F)(F)F)cc3Cl)C(=O)[C@@]12c1ccc(Cl)cc1. The molecule has 21 heteroatoms. The molecule has 0 unspecified atom stereocenters. The van der Waals surface area contributed by atoms with Crippen molar-refractivity contribution in [2.45, 2.75) is 36.5 Å². The minimum Gasteiger partial charge on any atom is -0.508 e. The Labute approximate surface area is 356 Å². The molecular weight excluding hydrogens is 881 g/mol. The van der Waals surface area contributed by atoms with Crippen LogP contribution in [-0.4, -0.2) is 62.9 Å². The first kappa shape index (κ1) is 42.1. The van der Waals surface area contributed by atoms with E-state index in [4.69, 9.17) is 39.5 Å². The summed E-state index contributed by atoms with van der Waals surface area (Å²) in [5, 5.41) is 12.1. The van der Waals surface area contributed by atoms with Gasteiger partial charge in [0.05, 0.1) is 45.9 Å². The number of hydrazine groups is 2. The van der Waals surface area contributed by atoms with E-state index in [9.17, 15) is 45.8 Å². The van der Waals surface area contributed by atoms with E-state index in [1.165, 1.54) is 49.6 Å². The maximum atomic E-state index is 15.4. The number of ether oxygens (including phenoxy) is 1. The molecular formula is C40H29Cl3F6N6O6. The molecule has 8 rings (SSSR count). The second-order valence-electron chi connectivity index (χ2n) is 14.9. The van der Waals surface area contributed by atoms with Gasteiger partial charge in [0.15, 0.2) is 11.6 Å². The highest BCUT2D eigenvalue weighted by molar-refractivity contribution is 6.33. The minimum atomic E-state index is -4.89. The molecule has 6 atom stereocenters. The summed E-state index contributed by atoms with van der Waals surface area (Å²) in [6, 6.07) is 12.3. The summed E-state index contributed by atoms with van der Waals surface area (Å²) in [7, 11) is 2.47. The minimum absolute atomic E-state index is 0.0697. The van der Waals surface area contributed by atoms with Crippen LogP contribution in [0.3, 0.4) is 0 Å². The number of aromatic nitrogens is 2. The number of hydrogen-bond acceptors (Lipinski definition) is 10. The van der Waals surface area contributed by atoms with Crippen molar-refractivity contribution in [2.75, 3.05) is 24.6 Å². The predicted octanol–water partition coefficient (Wildman–Crippen LogP) is 8.22. The Hall–Kier alpha value is -5.59. The number of allylic oxidation sites excluding steroid dienone is 2.